The van der Waals surface area contributed by atoms with Gasteiger partial charge in [-0.2, -0.15) is 4.98 Å². The van der Waals surface area contributed by atoms with Gasteiger partial charge in [0.1, 0.15) is 0 Å². The van der Waals surface area contributed by atoms with E-state index in [4.69, 9.17) is 4.52 Å². The number of hydrogen-bond donors (Lipinski definition) is 1. The molecule has 1 aliphatic heterocycles. The molecule has 4 rings (SSSR count). The van der Waals surface area contributed by atoms with Crippen LogP contribution in [0.15, 0.2) is 34.9 Å². The first-order valence-corrected chi connectivity index (χ1v) is 9.60. The van der Waals surface area contributed by atoms with E-state index in [1.165, 1.54) is 19.3 Å². The van der Waals surface area contributed by atoms with Crippen LogP contribution in [0.3, 0.4) is 0 Å². The molecule has 0 unspecified atom stereocenters. The number of carbonyl (C=O) groups is 1. The second kappa shape index (κ2) is 7.58. The van der Waals surface area contributed by atoms with E-state index in [0.29, 0.717) is 11.7 Å². The molecule has 6 heteroatoms. The summed E-state index contributed by atoms with van der Waals surface area (Å²) in [4.78, 5) is 19.3. The van der Waals surface area contributed by atoms with E-state index in [1.54, 1.807) is 0 Å². The number of amides is 1. The zero-order valence-electron chi connectivity index (χ0n) is 15.2. The topological polar surface area (TPSA) is 71.3 Å². The smallest absolute Gasteiger partial charge is 0.244 e. The van der Waals surface area contributed by atoms with Crippen LogP contribution in [0.1, 0.15) is 50.5 Å². The van der Waals surface area contributed by atoms with E-state index in [1.807, 2.05) is 37.4 Å². The fourth-order valence-corrected chi connectivity index (χ4v) is 4.15. The quantitative estimate of drug-likeness (QED) is 0.913. The molecule has 0 radical (unpaired) electrons. The summed E-state index contributed by atoms with van der Waals surface area (Å²) in [6, 6.07) is 10.0. The first kappa shape index (κ1) is 17.2. The van der Waals surface area contributed by atoms with Crippen molar-refractivity contribution in [3.05, 3.63) is 36.2 Å². The maximum atomic E-state index is 12.5. The van der Waals surface area contributed by atoms with Crippen LogP contribution >= 0.6 is 0 Å². The summed E-state index contributed by atoms with van der Waals surface area (Å²) in [6.07, 6.45) is 6.49. The average molecular weight is 354 g/mol. The largest absolute Gasteiger partial charge is 0.352 e. The zero-order chi connectivity index (χ0) is 17.9. The lowest BCUT2D eigenvalue weighted by Crippen LogP contribution is -2.40. The molecule has 1 aromatic heterocycles. The third-order valence-electron chi connectivity index (χ3n) is 5.63. The lowest BCUT2D eigenvalue weighted by atomic mass is 9.88. The van der Waals surface area contributed by atoms with Crippen molar-refractivity contribution in [1.82, 2.24) is 20.4 Å². The second-order valence-corrected chi connectivity index (χ2v) is 7.55. The Balaban J connectivity index is 1.39. The van der Waals surface area contributed by atoms with Crippen LogP contribution in [0, 0.1) is 5.92 Å². The molecule has 2 fully saturated rings. The lowest BCUT2D eigenvalue weighted by molar-refractivity contribution is -0.126. The van der Waals surface area contributed by atoms with Crippen molar-refractivity contribution < 1.29 is 9.32 Å². The Labute approximate surface area is 154 Å². The number of hydrogen-bond acceptors (Lipinski definition) is 5. The molecule has 0 bridgehead atoms. The van der Waals surface area contributed by atoms with E-state index in [2.05, 4.69) is 20.4 Å². The fraction of sp³-hybridized carbons (Fsp3) is 0.550. The molecule has 26 heavy (non-hydrogen) atoms. The monoisotopic (exact) mass is 354 g/mol. The van der Waals surface area contributed by atoms with Gasteiger partial charge >= 0.3 is 0 Å². The van der Waals surface area contributed by atoms with Gasteiger partial charge in [0.25, 0.3) is 0 Å². The molecule has 2 aromatic rings. The van der Waals surface area contributed by atoms with Gasteiger partial charge in [-0.1, -0.05) is 54.8 Å². The fourth-order valence-electron chi connectivity index (χ4n) is 4.15. The number of benzene rings is 1. The van der Waals surface area contributed by atoms with E-state index >= 15 is 0 Å². The molecule has 0 spiro atoms. The van der Waals surface area contributed by atoms with Crippen molar-refractivity contribution in [3.63, 3.8) is 0 Å². The molecule has 1 saturated carbocycles. The number of rotatable bonds is 4. The Hall–Kier alpha value is -2.21. The summed E-state index contributed by atoms with van der Waals surface area (Å²) in [5.41, 5.74) is 0.949. The van der Waals surface area contributed by atoms with Crippen LogP contribution < -0.4 is 5.32 Å². The Morgan fingerprint density at radius 3 is 2.73 bits per heavy atom. The van der Waals surface area contributed by atoms with Crippen LogP contribution in [0.4, 0.5) is 0 Å². The summed E-state index contributed by atoms with van der Waals surface area (Å²) >= 11 is 0. The van der Waals surface area contributed by atoms with Crippen molar-refractivity contribution in [2.45, 2.75) is 50.6 Å². The van der Waals surface area contributed by atoms with Gasteiger partial charge in [-0.25, -0.2) is 0 Å². The Morgan fingerprint density at radius 2 is 1.96 bits per heavy atom. The molecule has 2 atom stereocenters. The van der Waals surface area contributed by atoms with Gasteiger partial charge in [0.15, 0.2) is 0 Å². The predicted molar refractivity (Wildman–Crippen MR) is 98.2 cm³/mol. The molecule has 1 N–H and O–H groups in total. The number of aromatic nitrogens is 2. The van der Waals surface area contributed by atoms with Crippen LogP contribution in [-0.4, -0.2) is 40.6 Å². The van der Waals surface area contributed by atoms with Gasteiger partial charge in [-0.15, -0.1) is 0 Å². The number of likely N-dealkylation sites (N-methyl/N-ethyl adjacent to an activating group) is 1. The summed E-state index contributed by atoms with van der Waals surface area (Å²) in [7, 11) is 2.05. The van der Waals surface area contributed by atoms with E-state index in [9.17, 15) is 4.79 Å². The standard InChI is InChI=1S/C20H26N4O2/c1-24-13-16(21-19(25)15-10-6-3-7-11-15)12-17(24)20-22-18(23-26-20)14-8-4-2-5-9-14/h2,4-5,8-9,15-17H,3,6-7,10-13H2,1H3,(H,21,25)/t16-,17-/m0/s1. The SMILES string of the molecule is CN1C[C@@H](NC(=O)C2CCCCC2)C[C@H]1c1nc(-c2ccccc2)no1. The van der Waals surface area contributed by atoms with Crippen LogP contribution in [0.25, 0.3) is 11.4 Å². The third kappa shape index (κ3) is 3.65. The molecule has 2 aliphatic rings. The number of nitrogens with zero attached hydrogens (tertiary/aromatic N) is 3. The van der Waals surface area contributed by atoms with E-state index < -0.39 is 0 Å². The second-order valence-electron chi connectivity index (χ2n) is 7.55. The highest BCUT2D eigenvalue weighted by atomic mass is 16.5. The normalized spacial score (nSPS) is 24.7. The van der Waals surface area contributed by atoms with Gasteiger partial charge in [-0.3, -0.25) is 9.69 Å². The van der Waals surface area contributed by atoms with Crippen molar-refractivity contribution in [2.75, 3.05) is 13.6 Å². The zero-order valence-corrected chi connectivity index (χ0v) is 15.2. The number of nitrogens with one attached hydrogen (secondary N) is 1. The minimum absolute atomic E-state index is 0.0524. The third-order valence-corrected chi connectivity index (χ3v) is 5.63. The average Bonchev–Trinajstić information content (AvgIpc) is 3.30. The van der Waals surface area contributed by atoms with Crippen molar-refractivity contribution in [2.24, 2.45) is 5.92 Å². The molecule has 1 amide bonds. The first-order chi connectivity index (χ1) is 12.7. The van der Waals surface area contributed by atoms with Crippen molar-refractivity contribution in [1.29, 1.82) is 0 Å². The molecular formula is C20H26N4O2. The molecule has 138 valence electrons. The van der Waals surface area contributed by atoms with E-state index in [-0.39, 0.29) is 23.9 Å². The summed E-state index contributed by atoms with van der Waals surface area (Å²) in [6.45, 7) is 0.812. The first-order valence-electron chi connectivity index (χ1n) is 9.60. The molecule has 1 aromatic carbocycles. The minimum atomic E-state index is 0.0524. The Bertz CT molecular complexity index is 739. The van der Waals surface area contributed by atoms with E-state index in [0.717, 1.165) is 31.4 Å². The van der Waals surface area contributed by atoms with Gasteiger partial charge in [0, 0.05) is 24.1 Å². The number of carbonyl (C=O) groups excluding carboxylic acids is 1. The molecular weight excluding hydrogens is 328 g/mol. The molecule has 1 saturated heterocycles. The lowest BCUT2D eigenvalue weighted by Gasteiger charge is -2.22. The summed E-state index contributed by atoms with van der Waals surface area (Å²) in [5, 5.41) is 7.37. The highest BCUT2D eigenvalue weighted by molar-refractivity contribution is 5.79. The van der Waals surface area contributed by atoms with Crippen molar-refractivity contribution >= 4 is 5.91 Å². The minimum Gasteiger partial charge on any atom is -0.352 e. The molecule has 2 heterocycles. The highest BCUT2D eigenvalue weighted by Crippen LogP contribution is 2.31. The molecule has 6 nitrogen and oxygen atoms in total. The predicted octanol–water partition coefficient (Wildman–Crippen LogP) is 3.18. The van der Waals surface area contributed by atoms with Crippen LogP contribution in [-0.2, 0) is 4.79 Å². The summed E-state index contributed by atoms with van der Waals surface area (Å²) in [5.74, 6) is 1.66. The highest BCUT2D eigenvalue weighted by Gasteiger charge is 2.36. The van der Waals surface area contributed by atoms with Gasteiger partial charge in [0.05, 0.1) is 6.04 Å². The van der Waals surface area contributed by atoms with Gasteiger partial charge in [-0.05, 0) is 26.3 Å². The van der Waals surface area contributed by atoms with Gasteiger partial charge < -0.3 is 9.84 Å². The van der Waals surface area contributed by atoms with Crippen LogP contribution in [0.2, 0.25) is 0 Å². The Kier molecular flexibility index (Phi) is 5.02. The van der Waals surface area contributed by atoms with Gasteiger partial charge in [0.2, 0.25) is 17.6 Å². The van der Waals surface area contributed by atoms with Crippen LogP contribution in [0.5, 0.6) is 0 Å². The van der Waals surface area contributed by atoms with Crippen molar-refractivity contribution in [3.8, 4) is 11.4 Å². The Morgan fingerprint density at radius 1 is 1.19 bits per heavy atom. The molecule has 1 aliphatic carbocycles. The maximum absolute atomic E-state index is 12.5. The number of likely N-dealkylation sites (tertiary alicyclic amines) is 1. The maximum Gasteiger partial charge on any atom is 0.244 e. The summed E-state index contributed by atoms with van der Waals surface area (Å²) < 4.78 is 5.53.